The van der Waals surface area contributed by atoms with Gasteiger partial charge < -0.3 is 25.5 Å². The number of fused-ring (bicyclic) bond motifs is 3. The lowest BCUT2D eigenvalue weighted by Crippen LogP contribution is -2.37. The molecule has 1 heterocycles. The number of aliphatic hydroxyl groups excluding tert-OH is 2. The zero-order chi connectivity index (χ0) is 21.1. The summed E-state index contributed by atoms with van der Waals surface area (Å²) in [5.74, 6) is -0.0597. The lowest BCUT2D eigenvalue weighted by Gasteiger charge is -2.19. The van der Waals surface area contributed by atoms with E-state index in [1.807, 2.05) is 36.4 Å². The molecule has 0 fully saturated rings. The molecule has 30 heavy (non-hydrogen) atoms. The molecular formula is C23H22N2O5. The minimum atomic E-state index is -1.31. The van der Waals surface area contributed by atoms with E-state index >= 15 is 0 Å². The number of rotatable bonds is 6. The number of benzene rings is 2. The molecule has 3 N–H and O–H groups in total. The van der Waals surface area contributed by atoms with Crippen LogP contribution in [0.4, 0.5) is 4.79 Å². The van der Waals surface area contributed by atoms with Gasteiger partial charge in [-0.05, 0) is 28.3 Å². The Balaban J connectivity index is 1.34. The molecule has 2 atom stereocenters. The Kier molecular flexibility index (Phi) is 5.65. The molecule has 0 saturated carbocycles. The van der Waals surface area contributed by atoms with Crippen LogP contribution >= 0.6 is 0 Å². The average molecular weight is 406 g/mol. The van der Waals surface area contributed by atoms with Crippen molar-refractivity contribution in [2.75, 3.05) is 13.2 Å². The molecule has 2 unspecified atom stereocenters. The molecule has 7 heteroatoms. The molecule has 7 nitrogen and oxygen atoms in total. The molecule has 4 rings (SSSR count). The van der Waals surface area contributed by atoms with Crippen molar-refractivity contribution in [2.24, 2.45) is 0 Å². The lowest BCUT2D eigenvalue weighted by molar-refractivity contribution is -0.606. The molecule has 2 aromatic carbocycles. The highest BCUT2D eigenvalue weighted by atomic mass is 16.5. The van der Waals surface area contributed by atoms with E-state index in [9.17, 15) is 20.2 Å². The van der Waals surface area contributed by atoms with E-state index in [-0.39, 0.29) is 24.6 Å². The van der Waals surface area contributed by atoms with Crippen LogP contribution in [0.25, 0.3) is 11.1 Å². The van der Waals surface area contributed by atoms with Crippen molar-refractivity contribution < 1.29 is 24.5 Å². The van der Waals surface area contributed by atoms with E-state index in [4.69, 9.17) is 4.74 Å². The quantitative estimate of drug-likeness (QED) is 0.430. The zero-order valence-corrected chi connectivity index (χ0v) is 16.1. The second kappa shape index (κ2) is 8.52. The third-order valence-corrected chi connectivity index (χ3v) is 5.30. The number of amides is 1. The van der Waals surface area contributed by atoms with Crippen molar-refractivity contribution in [2.45, 2.75) is 18.1 Å². The van der Waals surface area contributed by atoms with Crippen molar-refractivity contribution in [1.82, 2.24) is 5.32 Å². The van der Waals surface area contributed by atoms with E-state index in [0.717, 1.165) is 22.3 Å². The highest BCUT2D eigenvalue weighted by molar-refractivity contribution is 5.79. The molecule has 154 valence electrons. The molecule has 0 aliphatic heterocycles. The molecule has 1 aliphatic rings. The number of nitrogens with one attached hydrogen (secondary N) is 1. The summed E-state index contributed by atoms with van der Waals surface area (Å²) in [5.41, 5.74) is 4.75. The number of aromatic nitrogens is 1. The fraction of sp³-hybridized carbons (Fsp3) is 0.217. The molecule has 0 radical (unpaired) electrons. The van der Waals surface area contributed by atoms with E-state index in [0.29, 0.717) is 4.73 Å². The number of hydrogen-bond donors (Lipinski definition) is 3. The SMILES string of the molecule is O=C(NCC(O)C(O)c1ccc[n+]([O-])c1)OCC1c2ccccc2-c2ccccc21. The Bertz CT molecular complexity index is 1010. The third-order valence-electron chi connectivity index (χ3n) is 5.30. The van der Waals surface area contributed by atoms with Crippen LogP contribution in [-0.2, 0) is 4.74 Å². The maximum atomic E-state index is 12.2. The molecule has 1 aliphatic carbocycles. The van der Waals surface area contributed by atoms with Gasteiger partial charge in [0.15, 0.2) is 12.4 Å². The minimum absolute atomic E-state index is 0.0597. The summed E-state index contributed by atoms with van der Waals surface area (Å²) < 4.78 is 5.93. The van der Waals surface area contributed by atoms with Crippen LogP contribution < -0.4 is 10.0 Å². The van der Waals surface area contributed by atoms with E-state index < -0.39 is 18.3 Å². The van der Waals surface area contributed by atoms with Crippen LogP contribution in [0.15, 0.2) is 73.1 Å². The fourth-order valence-corrected chi connectivity index (χ4v) is 3.82. The number of carbonyl (C=O) groups is 1. The fourth-order valence-electron chi connectivity index (χ4n) is 3.82. The predicted molar refractivity (Wildman–Crippen MR) is 109 cm³/mol. The largest absolute Gasteiger partial charge is 0.619 e. The molecule has 0 bridgehead atoms. The first kappa shape index (κ1) is 19.9. The summed E-state index contributed by atoms with van der Waals surface area (Å²) in [4.78, 5) is 12.2. The first-order chi connectivity index (χ1) is 14.5. The Morgan fingerprint density at radius 2 is 1.67 bits per heavy atom. The van der Waals surface area contributed by atoms with Gasteiger partial charge >= 0.3 is 6.09 Å². The first-order valence-corrected chi connectivity index (χ1v) is 9.68. The van der Waals surface area contributed by atoms with Gasteiger partial charge in [-0.25, -0.2) is 4.79 Å². The topological polar surface area (TPSA) is 106 Å². The Morgan fingerprint density at radius 1 is 1.03 bits per heavy atom. The molecule has 0 spiro atoms. The number of alkyl carbamates (subject to hydrolysis) is 1. The molecule has 3 aromatic rings. The number of aliphatic hydroxyl groups is 2. The monoisotopic (exact) mass is 406 g/mol. The summed E-state index contributed by atoms with van der Waals surface area (Å²) in [7, 11) is 0. The van der Waals surface area contributed by atoms with E-state index in [1.54, 1.807) is 0 Å². The third kappa shape index (κ3) is 3.98. The molecule has 0 saturated heterocycles. The Morgan fingerprint density at radius 3 is 2.30 bits per heavy atom. The number of pyridine rings is 1. The van der Waals surface area contributed by atoms with Crippen molar-refractivity contribution in [3.05, 3.63) is 95.0 Å². The van der Waals surface area contributed by atoms with Crippen LogP contribution in [0, 0.1) is 5.21 Å². The summed E-state index contributed by atoms with van der Waals surface area (Å²) in [5, 5.41) is 34.0. The number of hydrogen-bond acceptors (Lipinski definition) is 5. The van der Waals surface area contributed by atoms with Gasteiger partial charge in [0.1, 0.15) is 18.8 Å². The summed E-state index contributed by atoms with van der Waals surface area (Å²) >= 11 is 0. The van der Waals surface area contributed by atoms with Crippen LogP contribution in [0.3, 0.4) is 0 Å². The molecule has 1 aromatic heterocycles. The first-order valence-electron chi connectivity index (χ1n) is 9.68. The van der Waals surface area contributed by atoms with Crippen LogP contribution in [0.5, 0.6) is 0 Å². The van der Waals surface area contributed by atoms with Crippen molar-refractivity contribution >= 4 is 6.09 Å². The van der Waals surface area contributed by atoms with Gasteiger partial charge in [-0.1, -0.05) is 48.5 Å². The predicted octanol–water partition coefficient (Wildman–Crippen LogP) is 2.25. The van der Waals surface area contributed by atoms with Gasteiger partial charge in [-0.3, -0.25) is 0 Å². The van der Waals surface area contributed by atoms with Crippen molar-refractivity contribution in [1.29, 1.82) is 0 Å². The van der Waals surface area contributed by atoms with Gasteiger partial charge in [0.2, 0.25) is 0 Å². The maximum absolute atomic E-state index is 12.2. The van der Waals surface area contributed by atoms with Crippen molar-refractivity contribution in [3.63, 3.8) is 0 Å². The number of carbonyl (C=O) groups excluding carboxylic acids is 1. The maximum Gasteiger partial charge on any atom is 0.407 e. The van der Waals surface area contributed by atoms with Gasteiger partial charge in [-0.15, -0.1) is 0 Å². The molecular weight excluding hydrogens is 384 g/mol. The van der Waals surface area contributed by atoms with E-state index in [1.165, 1.54) is 24.5 Å². The van der Waals surface area contributed by atoms with Crippen molar-refractivity contribution in [3.8, 4) is 11.1 Å². The Labute approximate surface area is 173 Å². The van der Waals surface area contributed by atoms with Crippen LogP contribution in [-0.4, -0.2) is 35.6 Å². The smallest absolute Gasteiger partial charge is 0.407 e. The van der Waals surface area contributed by atoms with Crippen LogP contribution in [0.1, 0.15) is 28.7 Å². The zero-order valence-electron chi connectivity index (χ0n) is 16.1. The summed E-state index contributed by atoms with van der Waals surface area (Å²) in [6, 6.07) is 19.1. The van der Waals surface area contributed by atoms with Gasteiger partial charge in [-0.2, -0.15) is 4.73 Å². The van der Waals surface area contributed by atoms with Gasteiger partial charge in [0, 0.05) is 24.1 Å². The normalized spacial score (nSPS) is 14.5. The van der Waals surface area contributed by atoms with Crippen LogP contribution in [0.2, 0.25) is 0 Å². The van der Waals surface area contributed by atoms with Gasteiger partial charge in [0.05, 0.1) is 0 Å². The summed E-state index contributed by atoms with van der Waals surface area (Å²) in [6.45, 7) is -0.0566. The minimum Gasteiger partial charge on any atom is -0.619 e. The average Bonchev–Trinajstić information content (AvgIpc) is 3.09. The summed E-state index contributed by atoms with van der Waals surface area (Å²) in [6.07, 6.45) is -0.832. The van der Waals surface area contributed by atoms with E-state index in [2.05, 4.69) is 17.4 Å². The standard InChI is InChI=1S/C23H22N2O5/c26-21(22(27)15-6-5-11-25(29)13-15)12-24-23(28)30-14-20-18-9-3-1-7-16(18)17-8-2-4-10-19(17)20/h1-11,13,20-22,26-27H,12,14H2,(H,24,28). The second-order valence-electron chi connectivity index (χ2n) is 7.22. The van der Waals surface area contributed by atoms with Gasteiger partial charge in [0.25, 0.3) is 0 Å². The number of ether oxygens (including phenoxy) is 1. The lowest BCUT2D eigenvalue weighted by atomic mass is 9.98. The highest BCUT2D eigenvalue weighted by Gasteiger charge is 2.29. The number of nitrogens with zero attached hydrogens (tertiary/aromatic N) is 1. The highest BCUT2D eigenvalue weighted by Crippen LogP contribution is 2.44. The second-order valence-corrected chi connectivity index (χ2v) is 7.22. The molecule has 1 amide bonds. The Hall–Kier alpha value is -3.42.